The van der Waals surface area contributed by atoms with E-state index in [0.717, 1.165) is 5.56 Å². The van der Waals surface area contributed by atoms with Gasteiger partial charge in [0.15, 0.2) is 0 Å². The minimum absolute atomic E-state index is 0.0121. The second kappa shape index (κ2) is 7.38. The standard InChI is InChI=1S/C18H20O3S/c1-15(22(20,21)18-10-6-3-7-11-18)14-17(12-13-19)16-8-4-2-5-9-16/h2-11,17,19H,1,12-14H2. The topological polar surface area (TPSA) is 54.4 Å². The summed E-state index contributed by atoms with van der Waals surface area (Å²) >= 11 is 0. The molecule has 0 heterocycles. The maximum atomic E-state index is 12.5. The first-order chi connectivity index (χ1) is 10.6. The Hall–Kier alpha value is -1.91. The number of hydrogen-bond donors (Lipinski definition) is 1. The highest BCUT2D eigenvalue weighted by molar-refractivity contribution is 7.95. The van der Waals surface area contributed by atoms with Gasteiger partial charge in [0.05, 0.1) is 4.90 Å². The average molecular weight is 316 g/mol. The monoisotopic (exact) mass is 316 g/mol. The average Bonchev–Trinajstić information content (AvgIpc) is 2.56. The molecule has 0 saturated heterocycles. The van der Waals surface area contributed by atoms with Crippen molar-refractivity contribution in [1.82, 2.24) is 0 Å². The van der Waals surface area contributed by atoms with Gasteiger partial charge < -0.3 is 5.11 Å². The quantitative estimate of drug-likeness (QED) is 0.850. The third-order valence-corrected chi connectivity index (χ3v) is 5.48. The zero-order valence-electron chi connectivity index (χ0n) is 12.4. The Morgan fingerprint density at radius 2 is 1.55 bits per heavy atom. The molecule has 2 aromatic rings. The number of rotatable bonds is 7. The van der Waals surface area contributed by atoms with Crippen molar-refractivity contribution in [3.63, 3.8) is 0 Å². The Morgan fingerprint density at radius 3 is 2.09 bits per heavy atom. The van der Waals surface area contributed by atoms with Crippen LogP contribution in [0.25, 0.3) is 0 Å². The van der Waals surface area contributed by atoms with Gasteiger partial charge in [-0.3, -0.25) is 0 Å². The second-order valence-electron chi connectivity index (χ2n) is 5.18. The van der Waals surface area contributed by atoms with Crippen molar-refractivity contribution in [3.05, 3.63) is 77.7 Å². The Kier molecular flexibility index (Phi) is 5.52. The van der Waals surface area contributed by atoms with Crippen LogP contribution in [0.15, 0.2) is 77.0 Å². The van der Waals surface area contributed by atoms with Gasteiger partial charge in [0.25, 0.3) is 0 Å². The lowest BCUT2D eigenvalue weighted by molar-refractivity contribution is 0.275. The molecule has 0 amide bonds. The Labute approximate surface area is 131 Å². The van der Waals surface area contributed by atoms with Gasteiger partial charge in [-0.25, -0.2) is 8.42 Å². The normalized spacial score (nSPS) is 12.8. The van der Waals surface area contributed by atoms with Gasteiger partial charge in [0.2, 0.25) is 9.84 Å². The number of benzene rings is 2. The molecule has 1 N–H and O–H groups in total. The summed E-state index contributed by atoms with van der Waals surface area (Å²) in [6.07, 6.45) is 0.815. The van der Waals surface area contributed by atoms with Crippen molar-refractivity contribution in [1.29, 1.82) is 0 Å². The highest BCUT2D eigenvalue weighted by atomic mass is 32.2. The molecule has 2 aromatic carbocycles. The Morgan fingerprint density at radius 1 is 1.00 bits per heavy atom. The lowest BCUT2D eigenvalue weighted by Crippen LogP contribution is -2.09. The number of aliphatic hydroxyl groups excluding tert-OH is 1. The summed E-state index contributed by atoms with van der Waals surface area (Å²) in [7, 11) is -3.54. The van der Waals surface area contributed by atoms with E-state index in [1.807, 2.05) is 30.3 Å². The van der Waals surface area contributed by atoms with E-state index in [4.69, 9.17) is 0 Å². The third-order valence-electron chi connectivity index (χ3n) is 3.66. The summed E-state index contributed by atoms with van der Waals surface area (Å²) in [5.41, 5.74) is 1.01. The predicted octanol–water partition coefficient (Wildman–Crippen LogP) is 3.53. The summed E-state index contributed by atoms with van der Waals surface area (Å²) in [5.74, 6) is -0.0582. The van der Waals surface area contributed by atoms with Crippen molar-refractivity contribution in [2.45, 2.75) is 23.7 Å². The summed E-state index contributed by atoms with van der Waals surface area (Å²) < 4.78 is 25.1. The minimum atomic E-state index is -3.54. The molecule has 0 bridgehead atoms. The van der Waals surface area contributed by atoms with E-state index in [2.05, 4.69) is 6.58 Å². The molecule has 4 heteroatoms. The van der Waals surface area contributed by atoms with E-state index in [1.54, 1.807) is 30.3 Å². The largest absolute Gasteiger partial charge is 0.396 e. The van der Waals surface area contributed by atoms with Gasteiger partial charge in [-0.15, -0.1) is 0 Å². The van der Waals surface area contributed by atoms with Gasteiger partial charge in [-0.2, -0.15) is 0 Å². The van der Waals surface area contributed by atoms with Crippen molar-refractivity contribution in [2.24, 2.45) is 0 Å². The van der Waals surface area contributed by atoms with Crippen LogP contribution in [0.1, 0.15) is 24.3 Å². The van der Waals surface area contributed by atoms with Crippen LogP contribution in [0.4, 0.5) is 0 Å². The maximum Gasteiger partial charge on any atom is 0.202 e. The highest BCUT2D eigenvalue weighted by Gasteiger charge is 2.22. The molecule has 1 unspecified atom stereocenters. The van der Waals surface area contributed by atoms with E-state index in [1.165, 1.54) is 0 Å². The minimum Gasteiger partial charge on any atom is -0.396 e. The molecule has 0 aromatic heterocycles. The molecule has 0 fully saturated rings. The second-order valence-corrected chi connectivity index (χ2v) is 7.23. The Balaban J connectivity index is 2.22. The molecular weight excluding hydrogens is 296 g/mol. The number of hydrogen-bond acceptors (Lipinski definition) is 3. The van der Waals surface area contributed by atoms with Gasteiger partial charge in [-0.05, 0) is 36.5 Å². The highest BCUT2D eigenvalue weighted by Crippen LogP contribution is 2.30. The van der Waals surface area contributed by atoms with Gasteiger partial charge in [0.1, 0.15) is 0 Å². The van der Waals surface area contributed by atoms with E-state index < -0.39 is 9.84 Å². The van der Waals surface area contributed by atoms with Crippen LogP contribution in [0.5, 0.6) is 0 Å². The smallest absolute Gasteiger partial charge is 0.202 e. The molecular formula is C18H20O3S. The zero-order chi connectivity index (χ0) is 16.0. The van der Waals surface area contributed by atoms with E-state index in [-0.39, 0.29) is 22.3 Å². The zero-order valence-corrected chi connectivity index (χ0v) is 13.2. The number of sulfone groups is 1. The van der Waals surface area contributed by atoms with E-state index in [0.29, 0.717) is 12.8 Å². The molecule has 0 radical (unpaired) electrons. The van der Waals surface area contributed by atoms with Crippen LogP contribution in [0.3, 0.4) is 0 Å². The number of allylic oxidation sites excluding steroid dienone is 1. The van der Waals surface area contributed by atoms with Crippen molar-refractivity contribution in [3.8, 4) is 0 Å². The predicted molar refractivity (Wildman–Crippen MR) is 88.3 cm³/mol. The van der Waals surface area contributed by atoms with Crippen LogP contribution in [0, 0.1) is 0 Å². The first kappa shape index (κ1) is 16.5. The summed E-state index contributed by atoms with van der Waals surface area (Å²) in [6, 6.07) is 17.9. The van der Waals surface area contributed by atoms with Crippen molar-refractivity contribution < 1.29 is 13.5 Å². The van der Waals surface area contributed by atoms with Crippen LogP contribution in [-0.2, 0) is 9.84 Å². The molecule has 22 heavy (non-hydrogen) atoms. The summed E-state index contributed by atoms with van der Waals surface area (Å²) in [4.78, 5) is 0.441. The SMILES string of the molecule is C=C(CC(CCO)c1ccccc1)S(=O)(=O)c1ccccc1. The molecule has 0 aliphatic carbocycles. The first-order valence-corrected chi connectivity index (χ1v) is 8.67. The van der Waals surface area contributed by atoms with Gasteiger partial charge >= 0.3 is 0 Å². The lowest BCUT2D eigenvalue weighted by atomic mass is 9.93. The maximum absolute atomic E-state index is 12.5. The van der Waals surface area contributed by atoms with E-state index >= 15 is 0 Å². The van der Waals surface area contributed by atoms with Crippen LogP contribution in [0.2, 0.25) is 0 Å². The third kappa shape index (κ3) is 3.84. The lowest BCUT2D eigenvalue weighted by Gasteiger charge is -2.18. The molecule has 0 aliphatic heterocycles. The Bertz CT molecular complexity index is 707. The molecule has 1 atom stereocenters. The molecule has 116 valence electrons. The van der Waals surface area contributed by atoms with Crippen molar-refractivity contribution >= 4 is 9.84 Å². The molecule has 0 saturated carbocycles. The summed E-state index contributed by atoms with van der Waals surface area (Å²) in [5, 5.41) is 9.25. The number of aliphatic hydroxyl groups is 1. The fourth-order valence-electron chi connectivity index (χ4n) is 2.42. The van der Waals surface area contributed by atoms with Gasteiger partial charge in [-0.1, -0.05) is 55.1 Å². The van der Waals surface area contributed by atoms with Crippen LogP contribution in [-0.4, -0.2) is 20.1 Å². The van der Waals surface area contributed by atoms with E-state index in [9.17, 15) is 13.5 Å². The fourth-order valence-corrected chi connectivity index (χ4v) is 3.69. The molecule has 2 rings (SSSR count). The first-order valence-electron chi connectivity index (χ1n) is 7.19. The fraction of sp³-hybridized carbons (Fsp3) is 0.222. The van der Waals surface area contributed by atoms with Crippen LogP contribution < -0.4 is 0 Å². The molecule has 0 spiro atoms. The molecule has 0 aliphatic rings. The van der Waals surface area contributed by atoms with Gasteiger partial charge in [0, 0.05) is 11.5 Å². The summed E-state index contributed by atoms with van der Waals surface area (Å²) in [6.45, 7) is 3.79. The molecule has 3 nitrogen and oxygen atoms in total. The van der Waals surface area contributed by atoms with Crippen LogP contribution >= 0.6 is 0 Å². The van der Waals surface area contributed by atoms with Crippen molar-refractivity contribution in [2.75, 3.05) is 6.61 Å².